The van der Waals surface area contributed by atoms with Crippen molar-refractivity contribution in [1.82, 2.24) is 9.88 Å². The molecular formula is C29H31N5O6S. The van der Waals surface area contributed by atoms with Gasteiger partial charge >= 0.3 is 5.97 Å². The Morgan fingerprint density at radius 2 is 1.78 bits per heavy atom. The van der Waals surface area contributed by atoms with E-state index in [4.69, 9.17) is 4.74 Å². The zero-order valence-electron chi connectivity index (χ0n) is 22.7. The Morgan fingerprint density at radius 3 is 2.44 bits per heavy atom. The number of hydrogen-bond acceptors (Lipinski definition) is 9. The molecule has 2 amide bonds. The summed E-state index contributed by atoms with van der Waals surface area (Å²) in [4.78, 5) is 45.7. The number of nitrogens with one attached hydrogen (secondary N) is 2. The van der Waals surface area contributed by atoms with Crippen LogP contribution in [0, 0.1) is 0 Å². The van der Waals surface area contributed by atoms with Crippen LogP contribution in [0.4, 0.5) is 17.1 Å². The van der Waals surface area contributed by atoms with Gasteiger partial charge in [0.15, 0.2) is 0 Å². The van der Waals surface area contributed by atoms with E-state index in [1.54, 1.807) is 11.9 Å². The van der Waals surface area contributed by atoms with Crippen LogP contribution in [0.15, 0.2) is 66.9 Å². The van der Waals surface area contributed by atoms with Crippen LogP contribution in [0.1, 0.15) is 21.6 Å². The highest BCUT2D eigenvalue weighted by Gasteiger charge is 2.30. The average Bonchev–Trinajstić information content (AvgIpc) is 3.31. The minimum absolute atomic E-state index is 0.0904. The van der Waals surface area contributed by atoms with Crippen molar-refractivity contribution in [3.05, 3.63) is 83.7 Å². The zero-order valence-corrected chi connectivity index (χ0v) is 23.5. The lowest BCUT2D eigenvalue weighted by molar-refractivity contribution is -0.119. The van der Waals surface area contributed by atoms with Crippen LogP contribution in [-0.4, -0.2) is 82.1 Å². The molecule has 3 heterocycles. The Balaban J connectivity index is 1.38. The van der Waals surface area contributed by atoms with Gasteiger partial charge in [0.2, 0.25) is 5.91 Å². The largest absolute Gasteiger partial charge is 0.464 e. The van der Waals surface area contributed by atoms with Crippen molar-refractivity contribution >= 4 is 56.7 Å². The van der Waals surface area contributed by atoms with Gasteiger partial charge in [-0.25, -0.2) is 9.78 Å². The zero-order chi connectivity index (χ0) is 29.1. The highest BCUT2D eigenvalue weighted by Crippen LogP contribution is 2.40. The standard InChI is InChI=1S/C29H31N5O6S/c1-33(25(35)18-34-12-14-41(38,39)15-13-34)21-10-8-20(9-11-21)31-27(19-6-4-3-5-7-19)26-22-17-30-24(29(37)40-2)16-23(22)32-28(26)36/h3-11,16-17,31,38-39H,12-15,18H2,1-2H3,(H,32,36). The number of pyridine rings is 1. The third-order valence-corrected chi connectivity index (χ3v) is 8.75. The molecule has 1 fully saturated rings. The third-order valence-electron chi connectivity index (χ3n) is 7.08. The van der Waals surface area contributed by atoms with Gasteiger partial charge < -0.3 is 20.3 Å². The van der Waals surface area contributed by atoms with Crippen LogP contribution in [-0.2, 0) is 14.3 Å². The first-order valence-electron chi connectivity index (χ1n) is 12.9. The number of carbonyl (C=O) groups is 3. The highest BCUT2D eigenvalue weighted by molar-refractivity contribution is 8.24. The van der Waals surface area contributed by atoms with E-state index in [1.807, 2.05) is 59.5 Å². The van der Waals surface area contributed by atoms with E-state index in [9.17, 15) is 23.5 Å². The molecule has 5 rings (SSSR count). The lowest BCUT2D eigenvalue weighted by atomic mass is 10.0. The summed E-state index contributed by atoms with van der Waals surface area (Å²) in [6.45, 7) is 1.13. The van der Waals surface area contributed by atoms with Crippen molar-refractivity contribution in [2.45, 2.75) is 0 Å². The minimum atomic E-state index is -2.52. The summed E-state index contributed by atoms with van der Waals surface area (Å²) in [6, 6.07) is 18.2. The molecule has 2 aliphatic heterocycles. The number of ether oxygens (including phenoxy) is 1. The summed E-state index contributed by atoms with van der Waals surface area (Å²) >= 11 is 0. The van der Waals surface area contributed by atoms with Crippen LogP contribution >= 0.6 is 10.6 Å². The molecule has 3 aromatic rings. The fourth-order valence-corrected chi connectivity index (χ4v) is 6.00. The Morgan fingerprint density at radius 1 is 1.10 bits per heavy atom. The summed E-state index contributed by atoms with van der Waals surface area (Å²) in [5, 5.41) is 6.19. The van der Waals surface area contributed by atoms with Crippen molar-refractivity contribution < 1.29 is 28.2 Å². The van der Waals surface area contributed by atoms with Gasteiger partial charge in [0.1, 0.15) is 5.69 Å². The van der Waals surface area contributed by atoms with Gasteiger partial charge in [-0.15, -0.1) is 0 Å². The molecule has 0 aliphatic carbocycles. The first kappa shape index (κ1) is 28.3. The van der Waals surface area contributed by atoms with Gasteiger partial charge in [-0.3, -0.25) is 23.6 Å². The molecule has 0 radical (unpaired) electrons. The predicted molar refractivity (Wildman–Crippen MR) is 160 cm³/mol. The molecule has 4 N–H and O–H groups in total. The quantitative estimate of drug-likeness (QED) is 0.243. The average molecular weight is 578 g/mol. The minimum Gasteiger partial charge on any atom is -0.464 e. The van der Waals surface area contributed by atoms with Gasteiger partial charge in [-0.2, -0.15) is 10.6 Å². The van der Waals surface area contributed by atoms with E-state index in [-0.39, 0.29) is 35.6 Å². The number of fused-ring (bicyclic) bond motifs is 1. The lowest BCUT2D eigenvalue weighted by Crippen LogP contribution is -2.44. The van der Waals surface area contributed by atoms with E-state index >= 15 is 0 Å². The molecule has 12 heteroatoms. The number of amides is 2. The lowest BCUT2D eigenvalue weighted by Gasteiger charge is -2.41. The summed E-state index contributed by atoms with van der Waals surface area (Å²) in [7, 11) is 0.456. The summed E-state index contributed by atoms with van der Waals surface area (Å²) in [5.74, 6) is -0.465. The van der Waals surface area contributed by atoms with Gasteiger partial charge in [0.05, 0.1) is 42.1 Å². The molecule has 41 heavy (non-hydrogen) atoms. The predicted octanol–water partition coefficient (Wildman–Crippen LogP) is 3.83. The normalized spacial score (nSPS) is 18.1. The molecule has 0 unspecified atom stereocenters. The number of nitrogens with zero attached hydrogens (tertiary/aromatic N) is 3. The van der Waals surface area contributed by atoms with Crippen molar-refractivity contribution in [2.24, 2.45) is 0 Å². The Bertz CT molecular complexity index is 1500. The second-order valence-corrected chi connectivity index (χ2v) is 12.2. The third kappa shape index (κ3) is 6.25. The topological polar surface area (TPSA) is 144 Å². The van der Waals surface area contributed by atoms with Crippen molar-refractivity contribution in [3.63, 3.8) is 0 Å². The van der Waals surface area contributed by atoms with Crippen LogP contribution in [0.5, 0.6) is 0 Å². The van der Waals surface area contributed by atoms with Crippen molar-refractivity contribution in [1.29, 1.82) is 0 Å². The maximum Gasteiger partial charge on any atom is 0.356 e. The molecule has 1 saturated heterocycles. The number of anilines is 3. The molecule has 0 saturated carbocycles. The van der Waals surface area contributed by atoms with E-state index in [0.29, 0.717) is 47.0 Å². The summed E-state index contributed by atoms with van der Waals surface area (Å²) < 4.78 is 24.4. The highest BCUT2D eigenvalue weighted by atomic mass is 32.3. The smallest absolute Gasteiger partial charge is 0.356 e. The molecule has 1 aromatic heterocycles. The van der Waals surface area contributed by atoms with E-state index in [1.165, 1.54) is 19.4 Å². The number of hydrogen-bond donors (Lipinski definition) is 4. The van der Waals surface area contributed by atoms with Crippen LogP contribution in [0.25, 0.3) is 11.3 Å². The van der Waals surface area contributed by atoms with Gasteiger partial charge in [-0.1, -0.05) is 30.3 Å². The number of benzene rings is 2. The monoisotopic (exact) mass is 577 g/mol. The van der Waals surface area contributed by atoms with Gasteiger partial charge in [-0.05, 0) is 35.9 Å². The second-order valence-electron chi connectivity index (χ2n) is 9.79. The second kappa shape index (κ2) is 11.7. The number of esters is 1. The molecule has 0 bridgehead atoms. The summed E-state index contributed by atoms with van der Waals surface area (Å²) in [5.41, 5.74) is 4.21. The Hall–Kier alpha value is -4.23. The SMILES string of the molecule is COC(=O)c1cc2c(cn1)C(=C(Nc1ccc(N(C)C(=O)CN3CCS(O)(O)CC3)cc1)c1ccccc1)C(=O)N2. The Kier molecular flexibility index (Phi) is 8.08. The molecular weight excluding hydrogens is 546 g/mol. The molecule has 0 atom stereocenters. The molecule has 11 nitrogen and oxygen atoms in total. The molecule has 2 aromatic carbocycles. The summed E-state index contributed by atoms with van der Waals surface area (Å²) in [6.07, 6.45) is 1.48. The molecule has 214 valence electrons. The van der Waals surface area contributed by atoms with Crippen LogP contribution in [0.2, 0.25) is 0 Å². The first-order chi connectivity index (χ1) is 19.6. The van der Waals surface area contributed by atoms with Crippen molar-refractivity contribution in [2.75, 3.05) is 60.8 Å². The number of carbonyl (C=O) groups excluding carboxylic acids is 3. The van der Waals surface area contributed by atoms with E-state index < -0.39 is 16.6 Å². The molecule has 2 aliphatic rings. The number of methoxy groups -OCH3 is 1. The number of aromatic nitrogens is 1. The van der Waals surface area contributed by atoms with Crippen molar-refractivity contribution in [3.8, 4) is 0 Å². The molecule has 0 spiro atoms. The fraction of sp³-hybridized carbons (Fsp3) is 0.241. The van der Waals surface area contributed by atoms with Gasteiger partial charge in [0, 0.05) is 43.3 Å². The number of rotatable bonds is 7. The van der Waals surface area contributed by atoms with Crippen LogP contribution in [0.3, 0.4) is 0 Å². The van der Waals surface area contributed by atoms with E-state index in [2.05, 4.69) is 15.6 Å². The van der Waals surface area contributed by atoms with E-state index in [0.717, 1.165) is 5.56 Å². The Labute approximate surface area is 239 Å². The number of likely N-dealkylation sites (N-methyl/N-ethyl adjacent to an activating group) is 1. The van der Waals surface area contributed by atoms with Gasteiger partial charge in [0.25, 0.3) is 5.91 Å². The fourth-order valence-electron chi connectivity index (χ4n) is 4.69. The maximum absolute atomic E-state index is 13.2. The first-order valence-corrected chi connectivity index (χ1v) is 14.8. The van der Waals surface area contributed by atoms with Crippen LogP contribution < -0.4 is 15.5 Å². The maximum atomic E-state index is 13.2.